The van der Waals surface area contributed by atoms with E-state index >= 15 is 0 Å². The monoisotopic (exact) mass is 1190 g/mol. The molecule has 5 atom stereocenters. The number of hydrogen-bond donors (Lipinski definition) is 2. The van der Waals surface area contributed by atoms with E-state index in [-0.39, 0.29) is 83.1 Å². The summed E-state index contributed by atoms with van der Waals surface area (Å²) in [6.07, 6.45) is 28.0. The minimum absolute atomic E-state index is 0. The van der Waals surface area contributed by atoms with E-state index in [4.69, 9.17) is 45.1 Å². The summed E-state index contributed by atoms with van der Waals surface area (Å²) in [5.41, 5.74) is 8.59. The van der Waals surface area contributed by atoms with Gasteiger partial charge in [-0.2, -0.15) is 6.42 Å². The number of aliphatic hydroxyl groups excluding tert-OH is 1. The van der Waals surface area contributed by atoms with E-state index in [0.717, 1.165) is 117 Å². The van der Waals surface area contributed by atoms with Crippen LogP contribution >= 0.6 is 11.6 Å². The van der Waals surface area contributed by atoms with E-state index in [1.54, 1.807) is 14.2 Å². The second kappa shape index (κ2) is 40.3. The van der Waals surface area contributed by atoms with E-state index in [0.29, 0.717) is 61.5 Å². The summed E-state index contributed by atoms with van der Waals surface area (Å²) in [6, 6.07) is 11.8. The van der Waals surface area contributed by atoms with Crippen molar-refractivity contribution in [2.24, 2.45) is 17.8 Å². The normalized spacial score (nSPS) is 21.5. The third kappa shape index (κ3) is 25.6. The first kappa shape index (κ1) is 75.9. The Morgan fingerprint density at radius 3 is 1.44 bits per heavy atom. The third-order valence-corrected chi connectivity index (χ3v) is 16.9. The number of unbranched alkanes of at least 4 members (excludes halogenated alkanes) is 1. The Bertz CT molecular complexity index is 2540. The van der Waals surface area contributed by atoms with Crippen LogP contribution in [-0.4, -0.2) is 92.7 Å². The number of halogens is 1. The molecule has 0 radical (unpaired) electrons. The smallest absolute Gasteiger partial charge is 0.493 e. The molecule has 2 aromatic rings. The van der Waals surface area contributed by atoms with Crippen LogP contribution in [0.3, 0.4) is 0 Å². The molecule has 15 heteroatoms. The molecule has 2 aliphatic heterocycles. The third-order valence-electron chi connectivity index (χ3n) is 16.7. The number of amides is 3. The summed E-state index contributed by atoms with van der Waals surface area (Å²) in [4.78, 5) is 48.2. The molecule has 0 aromatic heterocycles. The number of imide groups is 1. The second-order valence-corrected chi connectivity index (χ2v) is 23.4. The predicted octanol–water partition coefficient (Wildman–Crippen LogP) is 14.2. The Morgan fingerprint density at radius 1 is 0.659 bits per heavy atom. The van der Waals surface area contributed by atoms with Crippen molar-refractivity contribution in [3.8, 4) is 23.0 Å². The number of likely N-dealkylation sites (tertiary alicyclic amines) is 1. The number of carbonyl (C=O) groups excluding carboxylic acids is 4. The van der Waals surface area contributed by atoms with Crippen LogP contribution in [0.25, 0.3) is 0 Å². The maximum atomic E-state index is 12.6. The SMILES string of the molecule is C.C.C=C(C)[C@@H]1CC=C(CO)CC1.C=C(C)[C@@H]1CC=C(COC(=O)Cl)CC1.C=C(C)[C@@H]1CC=C(COC(=O)N2CC(c3ccc(OC)c(OC4CCCC4)c3)CC2=O)CC1.COc1ccc(C2CNC(=O)C2)cc1OC1CCCC1.[CH2-]CCC.[Li+]. The summed E-state index contributed by atoms with van der Waals surface area (Å²) in [5, 5.41) is 11.7. The first-order valence-corrected chi connectivity index (χ1v) is 30.5. The van der Waals surface area contributed by atoms with Gasteiger partial charge in [0.05, 0.1) is 33.0 Å². The van der Waals surface area contributed by atoms with Gasteiger partial charge in [0.1, 0.15) is 13.2 Å². The van der Waals surface area contributed by atoms with Gasteiger partial charge in [-0.05, 0) is 200 Å². The fourth-order valence-corrected chi connectivity index (χ4v) is 11.2. The molecule has 9 rings (SSSR count). The Kier molecular flexibility index (Phi) is 36.0. The molecular weight excluding hydrogens is 1090 g/mol. The zero-order valence-corrected chi connectivity index (χ0v) is 52.1. The molecular formula is C70H104ClLiN2O11. The number of nitrogens with one attached hydrogen (secondary N) is 1. The molecule has 0 spiro atoms. The van der Waals surface area contributed by atoms with Crippen LogP contribution in [-0.2, 0) is 19.1 Å². The fraction of sp³-hybridized carbons (Fsp3) is 0.586. The van der Waals surface area contributed by atoms with Crippen LogP contribution in [0.2, 0.25) is 0 Å². The first-order chi connectivity index (χ1) is 39.4. The van der Waals surface area contributed by atoms with Crippen LogP contribution in [0.1, 0.15) is 200 Å². The van der Waals surface area contributed by atoms with Gasteiger partial charge in [-0.3, -0.25) is 9.59 Å². The van der Waals surface area contributed by atoms with Gasteiger partial charge in [-0.15, -0.1) is 0 Å². The maximum absolute atomic E-state index is 12.6. The number of aliphatic hydroxyl groups is 1. The van der Waals surface area contributed by atoms with E-state index in [1.165, 1.54) is 65.7 Å². The topological polar surface area (TPSA) is 159 Å². The average molecular weight is 1190 g/mol. The van der Waals surface area contributed by atoms with Gasteiger partial charge in [0.25, 0.3) is 0 Å². The second-order valence-electron chi connectivity index (χ2n) is 23.1. The van der Waals surface area contributed by atoms with Crippen LogP contribution in [0, 0.1) is 24.7 Å². The minimum atomic E-state index is -0.729. The van der Waals surface area contributed by atoms with Crippen molar-refractivity contribution in [1.82, 2.24) is 10.2 Å². The molecule has 2 saturated carbocycles. The molecule has 3 amide bonds. The molecule has 13 nitrogen and oxygen atoms in total. The van der Waals surface area contributed by atoms with Crippen molar-refractivity contribution in [3.05, 3.63) is 126 Å². The predicted molar refractivity (Wildman–Crippen MR) is 341 cm³/mol. The average Bonchev–Trinajstić information content (AvgIpc) is 3.44. The van der Waals surface area contributed by atoms with Crippen molar-refractivity contribution in [3.63, 3.8) is 0 Å². The zero-order chi connectivity index (χ0) is 59.6. The molecule has 468 valence electrons. The van der Waals surface area contributed by atoms with Gasteiger partial charge in [0.2, 0.25) is 11.8 Å². The number of hydrogen-bond acceptors (Lipinski definition) is 11. The van der Waals surface area contributed by atoms with Gasteiger partial charge in [-0.25, -0.2) is 14.5 Å². The quantitative estimate of drug-likeness (QED) is 0.0672. The maximum Gasteiger partial charge on any atom is 1.00 e. The van der Waals surface area contributed by atoms with Crippen LogP contribution in [0.4, 0.5) is 9.59 Å². The Labute approximate surface area is 529 Å². The van der Waals surface area contributed by atoms with Crippen molar-refractivity contribution in [1.29, 1.82) is 0 Å². The molecule has 2 unspecified atom stereocenters. The number of allylic oxidation sites excluding steroid dienone is 6. The summed E-state index contributed by atoms with van der Waals surface area (Å²) < 4.78 is 33.4. The summed E-state index contributed by atoms with van der Waals surface area (Å²) in [5.74, 6) is 4.87. The summed E-state index contributed by atoms with van der Waals surface area (Å²) >= 11 is 5.07. The van der Waals surface area contributed by atoms with Crippen molar-refractivity contribution in [2.75, 3.05) is 47.1 Å². The summed E-state index contributed by atoms with van der Waals surface area (Å²) in [7, 11) is 3.30. The molecule has 4 fully saturated rings. The molecule has 2 N–H and O–H groups in total. The Balaban J connectivity index is 0.000000405. The number of carbonyl (C=O) groups is 4. The zero-order valence-electron chi connectivity index (χ0n) is 51.3. The molecule has 7 aliphatic rings. The van der Waals surface area contributed by atoms with Gasteiger partial charge in [0.15, 0.2) is 23.0 Å². The number of ether oxygens (including phenoxy) is 6. The first-order valence-electron chi connectivity index (χ1n) is 30.1. The van der Waals surface area contributed by atoms with Crippen LogP contribution in [0.5, 0.6) is 23.0 Å². The van der Waals surface area contributed by atoms with E-state index in [9.17, 15) is 19.2 Å². The molecule has 2 saturated heterocycles. The molecule has 5 aliphatic carbocycles. The number of rotatable bonds is 17. The Morgan fingerprint density at radius 2 is 1.08 bits per heavy atom. The summed E-state index contributed by atoms with van der Waals surface area (Å²) in [6.45, 7) is 25.7. The van der Waals surface area contributed by atoms with E-state index in [2.05, 4.69) is 77.9 Å². The van der Waals surface area contributed by atoms with E-state index < -0.39 is 11.5 Å². The van der Waals surface area contributed by atoms with Crippen LogP contribution in [0.15, 0.2) is 108 Å². The van der Waals surface area contributed by atoms with Gasteiger partial charge in [0, 0.05) is 49.4 Å². The van der Waals surface area contributed by atoms with Gasteiger partial charge < -0.3 is 45.8 Å². The largest absolute Gasteiger partial charge is 1.00 e. The van der Waals surface area contributed by atoms with E-state index in [1.807, 2.05) is 36.4 Å². The molecule has 2 aromatic carbocycles. The molecule has 2 heterocycles. The molecule has 0 bridgehead atoms. The minimum Gasteiger partial charge on any atom is -0.493 e. The van der Waals surface area contributed by atoms with Gasteiger partial charge >= 0.3 is 30.4 Å². The van der Waals surface area contributed by atoms with Crippen LogP contribution < -0.4 is 43.1 Å². The van der Waals surface area contributed by atoms with Crippen molar-refractivity contribution >= 4 is 34.9 Å². The van der Waals surface area contributed by atoms with Gasteiger partial charge in [-0.1, -0.05) is 95.0 Å². The number of nitrogens with zero attached hydrogens (tertiary/aromatic N) is 1. The Hall–Kier alpha value is -5.19. The van der Waals surface area contributed by atoms with Crippen molar-refractivity contribution in [2.45, 2.75) is 201 Å². The number of methoxy groups -OCH3 is 2. The molecule has 85 heavy (non-hydrogen) atoms. The fourth-order valence-electron chi connectivity index (χ4n) is 11.2. The number of benzene rings is 2. The van der Waals surface area contributed by atoms with Crippen molar-refractivity contribution < 1.29 is 71.6 Å². The standard InChI is InChI=1S/C27H35NO5.C16H21NO3.C11H15ClO2.C10H16O.C4H9.2CH4.Li/c1-18(2)20-10-8-19(9-11-20)17-32-27(30)28-16-22(15-26(28)29)21-12-13-24(31-3)25(14-21)33-23-6-4-5-7-23;1-19-14-7-6-11(12-9-16(18)17-10-12)8-15(14)20-13-4-2-3-5-13;1-8(2)10-5-3-9(4-6-10)7-14-11(12)13;1-8(2)10-5-3-9(7-11)4-6-10;1-3-4-2;;;/h8,12-14,20,22-23H,1,4-7,9-11,15-17H2,2-3H3;6-8,12-13H,2-5,9-10H2,1H3,(H,17,18);3,10H,1,4-7H2,2H3;3,10-11H,1,4-7H2,2H3;1,3-4H2,2H3;2*1H4;/q;;;;-1;;;+1/t20-,22?;;2*10-;;;;/m1.11..../s1.